The summed E-state index contributed by atoms with van der Waals surface area (Å²) in [6.45, 7) is 2.42. The highest BCUT2D eigenvalue weighted by atomic mass is 35.5. The number of halogens is 2. The Bertz CT molecular complexity index is 287. The van der Waals surface area contributed by atoms with Crippen LogP contribution in [0.15, 0.2) is 0 Å². The second-order valence-corrected chi connectivity index (χ2v) is 3.69. The zero-order valence-electron chi connectivity index (χ0n) is 8.80. The van der Waals surface area contributed by atoms with Gasteiger partial charge in [-0.15, -0.1) is 23.2 Å². The van der Waals surface area contributed by atoms with Crippen LogP contribution in [0.3, 0.4) is 0 Å². The molecule has 15 heavy (non-hydrogen) atoms. The summed E-state index contributed by atoms with van der Waals surface area (Å²) >= 11 is 12.0. The lowest BCUT2D eigenvalue weighted by atomic mass is 10.6. The largest absolute Gasteiger partial charge is 0.381 e. The monoisotopic (exact) mass is 252 g/mol. The van der Waals surface area contributed by atoms with Gasteiger partial charge in [-0.1, -0.05) is 0 Å². The molecule has 0 amide bonds. The van der Waals surface area contributed by atoms with E-state index in [0.29, 0.717) is 36.6 Å². The number of imidazole rings is 1. The molecule has 0 saturated carbocycles. The minimum absolute atomic E-state index is 0.477. The molecule has 1 aromatic heterocycles. The van der Waals surface area contributed by atoms with E-state index in [-0.39, 0.29) is 0 Å². The van der Waals surface area contributed by atoms with Crippen LogP contribution in [-0.4, -0.2) is 32.0 Å². The first-order chi connectivity index (χ1) is 7.20. The summed E-state index contributed by atoms with van der Waals surface area (Å²) in [5.74, 6) is 0. The fourth-order valence-electron chi connectivity index (χ4n) is 1.12. The number of ether oxygens (including phenoxy) is 2. The summed E-state index contributed by atoms with van der Waals surface area (Å²) in [4.78, 5) is 0. The molecule has 0 N–H and O–H groups in total. The first kappa shape index (κ1) is 12.8. The van der Waals surface area contributed by atoms with Crippen LogP contribution in [0.25, 0.3) is 0 Å². The number of aromatic nitrogens is 2. The number of rotatable bonds is 6. The average Bonchev–Trinajstić information content (AvgIpc) is 2.51. The smallest absolute Gasteiger partial charge is 0.206 e. The standard InChI is InChI=1S/C9H14Cl2N2O2/c1-14-5-3-12-7-13(4-6-15-2)9(11)8(12)10/h3-6H2,1-2H3. The van der Waals surface area contributed by atoms with Gasteiger partial charge in [0.25, 0.3) is 0 Å². The van der Waals surface area contributed by atoms with Crippen molar-refractivity contribution in [3.8, 4) is 0 Å². The van der Waals surface area contributed by atoms with Gasteiger partial charge in [-0.25, -0.2) is 0 Å². The van der Waals surface area contributed by atoms with E-state index in [4.69, 9.17) is 32.7 Å². The van der Waals surface area contributed by atoms with Crippen molar-refractivity contribution < 1.29 is 14.0 Å². The summed E-state index contributed by atoms with van der Waals surface area (Å²) in [6, 6.07) is 0. The molecule has 86 valence electrons. The molecule has 0 unspecified atom stereocenters. The van der Waals surface area contributed by atoms with Crippen LogP contribution in [0.1, 0.15) is 0 Å². The maximum atomic E-state index is 6.01. The van der Waals surface area contributed by atoms with Gasteiger partial charge in [0.15, 0.2) is 0 Å². The predicted molar refractivity (Wildman–Crippen MR) is 57.2 cm³/mol. The van der Waals surface area contributed by atoms with E-state index >= 15 is 0 Å². The fraction of sp³-hybridized carbons (Fsp3) is 0.667. The van der Waals surface area contributed by atoms with Crippen LogP contribution in [0.5, 0.6) is 0 Å². The van der Waals surface area contributed by atoms with E-state index in [9.17, 15) is 0 Å². The van der Waals surface area contributed by atoms with Crippen molar-refractivity contribution in [2.24, 2.45) is 0 Å². The molecule has 0 aliphatic heterocycles. The third kappa shape index (κ3) is 3.34. The Morgan fingerprint density at radius 2 is 1.93 bits per heavy atom. The molecule has 0 saturated heterocycles. The normalized spacial score (nSPS) is 10.9. The summed E-state index contributed by atoms with van der Waals surface area (Å²) in [7, 11) is 3.27. The lowest BCUT2D eigenvalue weighted by Gasteiger charge is -2.00. The Morgan fingerprint density at radius 1 is 1.27 bits per heavy atom. The Kier molecular flexibility index (Phi) is 5.39. The zero-order valence-corrected chi connectivity index (χ0v) is 10.3. The highest BCUT2D eigenvalue weighted by Gasteiger charge is 2.09. The molecule has 6 heteroatoms. The van der Waals surface area contributed by atoms with Crippen molar-refractivity contribution in [3.63, 3.8) is 0 Å². The van der Waals surface area contributed by atoms with Crippen LogP contribution in [-0.2, 0) is 22.6 Å². The Hall–Kier alpha value is -0.290. The Morgan fingerprint density at radius 3 is 2.53 bits per heavy atom. The average molecular weight is 253 g/mol. The topological polar surface area (TPSA) is 27.3 Å². The number of methoxy groups -OCH3 is 2. The Labute approximate surface area is 99.3 Å². The summed E-state index contributed by atoms with van der Waals surface area (Å²) in [5, 5.41) is 0.953. The summed E-state index contributed by atoms with van der Waals surface area (Å²) < 4.78 is 13.4. The molecule has 4 nitrogen and oxygen atoms in total. The highest BCUT2D eigenvalue weighted by Crippen LogP contribution is 2.17. The van der Waals surface area contributed by atoms with Crippen LogP contribution in [0.2, 0.25) is 10.3 Å². The lowest BCUT2D eigenvalue weighted by molar-refractivity contribution is -0.699. The van der Waals surface area contributed by atoms with E-state index in [1.807, 2.05) is 0 Å². The molecule has 1 rings (SSSR count). The molecular formula is C9H14Cl2N2O2. The molecule has 0 atom stereocenters. The van der Waals surface area contributed by atoms with Gasteiger partial charge >= 0.3 is 0 Å². The number of hydrogen-bond acceptors (Lipinski definition) is 2. The molecular weight excluding hydrogens is 239 g/mol. The summed E-state index contributed by atoms with van der Waals surface area (Å²) in [6.07, 6.45) is 3.03. The maximum Gasteiger partial charge on any atom is 0.206 e. The SMILES string of the molecule is COCCn1[c-][n+](CCOC)c(Cl)c1Cl. The minimum Gasteiger partial charge on any atom is -0.381 e. The van der Waals surface area contributed by atoms with Crippen molar-refractivity contribution in [2.45, 2.75) is 13.1 Å². The Balaban J connectivity index is 2.72. The van der Waals surface area contributed by atoms with E-state index in [2.05, 4.69) is 6.33 Å². The van der Waals surface area contributed by atoms with E-state index in [0.717, 1.165) is 0 Å². The third-order valence-corrected chi connectivity index (χ3v) is 2.79. The first-order valence-corrected chi connectivity index (χ1v) is 5.30. The second-order valence-electron chi connectivity index (χ2n) is 2.97. The van der Waals surface area contributed by atoms with Crippen LogP contribution < -0.4 is 4.57 Å². The number of hydrogen-bond donors (Lipinski definition) is 0. The van der Waals surface area contributed by atoms with Gasteiger partial charge in [0, 0.05) is 14.2 Å². The molecule has 0 aliphatic carbocycles. The van der Waals surface area contributed by atoms with Gasteiger partial charge < -0.3 is 18.6 Å². The van der Waals surface area contributed by atoms with Crippen molar-refractivity contribution in [1.29, 1.82) is 0 Å². The first-order valence-electron chi connectivity index (χ1n) is 4.55. The van der Waals surface area contributed by atoms with Crippen LogP contribution in [0.4, 0.5) is 0 Å². The quantitative estimate of drug-likeness (QED) is 0.562. The lowest BCUT2D eigenvalue weighted by Crippen LogP contribution is -2.35. The van der Waals surface area contributed by atoms with Gasteiger partial charge in [0.2, 0.25) is 6.33 Å². The van der Waals surface area contributed by atoms with Crippen molar-refractivity contribution >= 4 is 23.2 Å². The van der Waals surface area contributed by atoms with Gasteiger partial charge in [-0.05, 0) is 0 Å². The van der Waals surface area contributed by atoms with Gasteiger partial charge in [-0.3, -0.25) is 0 Å². The molecule has 0 bridgehead atoms. The van der Waals surface area contributed by atoms with E-state index in [1.54, 1.807) is 23.4 Å². The van der Waals surface area contributed by atoms with E-state index in [1.165, 1.54) is 0 Å². The molecule has 0 aromatic carbocycles. The molecule has 0 aliphatic rings. The third-order valence-electron chi connectivity index (χ3n) is 1.92. The predicted octanol–water partition coefficient (Wildman–Crippen LogP) is 1.18. The second kappa shape index (κ2) is 6.33. The van der Waals surface area contributed by atoms with Gasteiger partial charge in [-0.2, -0.15) is 0 Å². The van der Waals surface area contributed by atoms with E-state index < -0.39 is 0 Å². The van der Waals surface area contributed by atoms with Crippen molar-refractivity contribution in [3.05, 3.63) is 16.6 Å². The van der Waals surface area contributed by atoms with Crippen molar-refractivity contribution in [1.82, 2.24) is 4.57 Å². The molecule has 1 heterocycles. The molecule has 0 fully saturated rings. The molecule has 0 radical (unpaired) electrons. The van der Waals surface area contributed by atoms with Crippen molar-refractivity contribution in [2.75, 3.05) is 27.4 Å². The van der Waals surface area contributed by atoms with Gasteiger partial charge in [0.05, 0.1) is 36.6 Å². The molecule has 1 aromatic rings. The summed E-state index contributed by atoms with van der Waals surface area (Å²) in [5.41, 5.74) is 0. The minimum atomic E-state index is 0.477. The zero-order chi connectivity index (χ0) is 11.3. The molecule has 0 spiro atoms. The maximum absolute atomic E-state index is 6.01. The van der Waals surface area contributed by atoms with Gasteiger partial charge in [0.1, 0.15) is 0 Å². The van der Waals surface area contributed by atoms with Crippen LogP contribution in [0, 0.1) is 6.33 Å². The number of nitrogens with zero attached hydrogens (tertiary/aromatic N) is 2. The highest BCUT2D eigenvalue weighted by molar-refractivity contribution is 6.39. The van der Waals surface area contributed by atoms with Crippen LogP contribution >= 0.6 is 23.2 Å². The fourth-order valence-corrected chi connectivity index (χ4v) is 1.57.